The van der Waals surface area contributed by atoms with Gasteiger partial charge in [-0.15, -0.1) is 11.3 Å². The van der Waals surface area contributed by atoms with Crippen LogP contribution < -0.4 is 0 Å². The highest BCUT2D eigenvalue weighted by molar-refractivity contribution is 7.13. The van der Waals surface area contributed by atoms with Gasteiger partial charge in [-0.3, -0.25) is 19.3 Å². The lowest BCUT2D eigenvalue weighted by Gasteiger charge is -2.27. The highest BCUT2D eigenvalue weighted by Crippen LogP contribution is 2.30. The molecule has 0 unspecified atom stereocenters. The Balaban J connectivity index is 1.16. The second-order valence-corrected chi connectivity index (χ2v) is 8.60. The van der Waals surface area contributed by atoms with Gasteiger partial charge in [0.15, 0.2) is 0 Å². The molecule has 6 nitrogen and oxygen atoms in total. The van der Waals surface area contributed by atoms with Crippen LogP contribution in [0.15, 0.2) is 72.1 Å². The minimum Gasteiger partial charge on any atom is -0.459 e. The molecular formula is C26H20N2O4S. The smallest absolute Gasteiger partial charge is 0.306 e. The fourth-order valence-electron chi connectivity index (χ4n) is 3.98. The molecule has 7 heteroatoms. The topological polar surface area (TPSA) is 76.6 Å². The van der Waals surface area contributed by atoms with Gasteiger partial charge in [-0.05, 0) is 23.9 Å². The molecule has 0 spiro atoms. The Kier molecular flexibility index (Phi) is 5.71. The highest BCUT2D eigenvalue weighted by Gasteiger charge is 2.32. The second-order valence-electron chi connectivity index (χ2n) is 7.75. The lowest BCUT2D eigenvalue weighted by molar-refractivity contribution is -0.145. The molecule has 0 saturated carbocycles. The van der Waals surface area contributed by atoms with Gasteiger partial charge in [-0.25, -0.2) is 4.98 Å². The summed E-state index contributed by atoms with van der Waals surface area (Å²) in [6.07, 6.45) is 0.444. The monoisotopic (exact) mass is 456 g/mol. The lowest BCUT2D eigenvalue weighted by Crippen LogP contribution is -2.41. The third-order valence-corrected chi connectivity index (χ3v) is 6.51. The summed E-state index contributed by atoms with van der Waals surface area (Å²) in [6.45, 7) is 0.255. The van der Waals surface area contributed by atoms with E-state index in [1.54, 1.807) is 12.1 Å². The summed E-state index contributed by atoms with van der Waals surface area (Å²) in [6, 6.07) is 20.7. The summed E-state index contributed by atoms with van der Waals surface area (Å²) >= 11 is 1.50. The molecule has 2 amide bonds. The largest absolute Gasteiger partial charge is 0.459 e. The summed E-state index contributed by atoms with van der Waals surface area (Å²) in [4.78, 5) is 43.7. The molecule has 1 aliphatic heterocycles. The summed E-state index contributed by atoms with van der Waals surface area (Å²) in [5.74, 6) is -1.04. The van der Waals surface area contributed by atoms with Gasteiger partial charge in [0.05, 0.1) is 5.69 Å². The fourth-order valence-corrected chi connectivity index (χ4v) is 4.79. The lowest BCUT2D eigenvalue weighted by atomic mass is 9.94. The number of benzene rings is 3. The molecule has 0 aliphatic carbocycles. The van der Waals surface area contributed by atoms with Gasteiger partial charge in [-0.2, -0.15) is 0 Å². The summed E-state index contributed by atoms with van der Waals surface area (Å²) < 4.78 is 5.34. The summed E-state index contributed by atoms with van der Waals surface area (Å²) in [7, 11) is 0. The molecule has 0 saturated heterocycles. The third kappa shape index (κ3) is 4.15. The van der Waals surface area contributed by atoms with Gasteiger partial charge in [0.25, 0.3) is 11.8 Å². The number of hydrogen-bond acceptors (Lipinski definition) is 6. The van der Waals surface area contributed by atoms with E-state index in [9.17, 15) is 14.4 Å². The average Bonchev–Trinajstić information content (AvgIpc) is 3.33. The van der Waals surface area contributed by atoms with Crippen molar-refractivity contribution in [3.8, 4) is 10.6 Å². The molecule has 164 valence electrons. The molecule has 1 aliphatic rings. The molecule has 3 aromatic carbocycles. The Labute approximate surface area is 194 Å². The Hall–Kier alpha value is -3.84. The highest BCUT2D eigenvalue weighted by atomic mass is 32.1. The minimum absolute atomic E-state index is 0.0963. The predicted molar refractivity (Wildman–Crippen MR) is 126 cm³/mol. The van der Waals surface area contributed by atoms with Crippen molar-refractivity contribution in [1.82, 2.24) is 9.88 Å². The van der Waals surface area contributed by atoms with Gasteiger partial charge in [0.1, 0.15) is 11.6 Å². The van der Waals surface area contributed by atoms with Crippen LogP contribution in [0.3, 0.4) is 0 Å². The Morgan fingerprint density at radius 1 is 0.909 bits per heavy atom. The number of carbonyl (C=O) groups excluding carboxylic acids is 3. The molecular weight excluding hydrogens is 436 g/mol. The summed E-state index contributed by atoms with van der Waals surface area (Å²) in [5, 5.41) is 4.31. The van der Waals surface area contributed by atoms with E-state index in [1.807, 2.05) is 60.0 Å². The quantitative estimate of drug-likeness (QED) is 0.286. The fraction of sp³-hybridized carbons (Fsp3) is 0.154. The molecule has 4 aromatic rings. The first-order valence-electron chi connectivity index (χ1n) is 10.7. The van der Waals surface area contributed by atoms with E-state index >= 15 is 0 Å². The Morgan fingerprint density at radius 2 is 1.61 bits per heavy atom. The number of thiazole rings is 1. The maximum Gasteiger partial charge on any atom is 0.306 e. The number of rotatable bonds is 7. The van der Waals surface area contributed by atoms with E-state index in [4.69, 9.17) is 4.74 Å². The number of aromatic nitrogens is 1. The minimum atomic E-state index is -0.385. The van der Waals surface area contributed by atoms with E-state index in [2.05, 4.69) is 4.98 Å². The van der Waals surface area contributed by atoms with Crippen LogP contribution >= 0.6 is 11.3 Å². The molecule has 0 N–H and O–H groups in total. The Bertz CT molecular complexity index is 1310. The van der Waals surface area contributed by atoms with Crippen molar-refractivity contribution in [2.24, 2.45) is 0 Å². The first-order chi connectivity index (χ1) is 16.1. The summed E-state index contributed by atoms with van der Waals surface area (Å²) in [5.41, 5.74) is 2.75. The number of carbonyl (C=O) groups is 3. The van der Waals surface area contributed by atoms with Gasteiger partial charge in [0.2, 0.25) is 0 Å². The first kappa shape index (κ1) is 21.0. The van der Waals surface area contributed by atoms with Crippen LogP contribution in [0.25, 0.3) is 21.3 Å². The molecule has 0 bridgehead atoms. The van der Waals surface area contributed by atoms with Crippen molar-refractivity contribution in [3.05, 3.63) is 88.9 Å². The zero-order valence-electron chi connectivity index (χ0n) is 17.7. The zero-order chi connectivity index (χ0) is 22.8. The maximum absolute atomic E-state index is 12.9. The van der Waals surface area contributed by atoms with Crippen LogP contribution in [0.4, 0.5) is 0 Å². The van der Waals surface area contributed by atoms with Crippen molar-refractivity contribution >= 4 is 39.9 Å². The normalized spacial score (nSPS) is 12.9. The SMILES string of the molecule is O=C(CCCN1C(=O)c2cccc3cccc(c23)C1=O)OCc1csc(-c2ccccc2)n1. The van der Waals surface area contributed by atoms with E-state index in [-0.39, 0.29) is 37.4 Å². The molecule has 33 heavy (non-hydrogen) atoms. The predicted octanol–water partition coefficient (Wildman–Crippen LogP) is 5.08. The average molecular weight is 457 g/mol. The number of nitrogens with zero attached hydrogens (tertiary/aromatic N) is 2. The number of ether oxygens (including phenoxy) is 1. The van der Waals surface area contributed by atoms with Crippen molar-refractivity contribution in [3.63, 3.8) is 0 Å². The van der Waals surface area contributed by atoms with Crippen LogP contribution in [-0.4, -0.2) is 34.2 Å². The van der Waals surface area contributed by atoms with E-state index in [0.717, 1.165) is 16.0 Å². The maximum atomic E-state index is 12.9. The van der Waals surface area contributed by atoms with Crippen LogP contribution in [0.5, 0.6) is 0 Å². The van der Waals surface area contributed by atoms with Crippen LogP contribution in [-0.2, 0) is 16.1 Å². The van der Waals surface area contributed by atoms with Gasteiger partial charge in [0, 0.05) is 40.4 Å². The van der Waals surface area contributed by atoms with Gasteiger partial charge >= 0.3 is 5.97 Å². The van der Waals surface area contributed by atoms with Crippen molar-refractivity contribution in [2.75, 3.05) is 6.54 Å². The van der Waals surface area contributed by atoms with Crippen molar-refractivity contribution in [2.45, 2.75) is 19.4 Å². The standard InChI is InChI=1S/C26H20N2O4S/c29-22(32-15-19-16-33-24(27-19)18-7-2-1-3-8-18)13-6-14-28-25(30)20-11-4-9-17-10-5-12-21(23(17)20)26(28)31/h1-5,7-12,16H,6,13-15H2. The van der Waals surface area contributed by atoms with E-state index < -0.39 is 0 Å². The molecule has 0 radical (unpaired) electrons. The second kappa shape index (κ2) is 8.96. The van der Waals surface area contributed by atoms with Crippen LogP contribution in [0.1, 0.15) is 39.3 Å². The number of imide groups is 1. The first-order valence-corrected chi connectivity index (χ1v) is 11.5. The van der Waals surface area contributed by atoms with Crippen molar-refractivity contribution < 1.29 is 19.1 Å². The van der Waals surface area contributed by atoms with Gasteiger partial charge < -0.3 is 4.74 Å². The molecule has 0 atom stereocenters. The molecule has 1 aromatic heterocycles. The van der Waals surface area contributed by atoms with Gasteiger partial charge in [-0.1, -0.05) is 54.6 Å². The molecule has 0 fully saturated rings. The van der Waals surface area contributed by atoms with E-state index in [0.29, 0.717) is 28.6 Å². The van der Waals surface area contributed by atoms with Crippen molar-refractivity contribution in [1.29, 1.82) is 0 Å². The number of esters is 1. The zero-order valence-corrected chi connectivity index (χ0v) is 18.5. The third-order valence-electron chi connectivity index (χ3n) is 5.57. The molecule has 2 heterocycles. The van der Waals surface area contributed by atoms with Crippen LogP contribution in [0, 0.1) is 0 Å². The number of amides is 2. The Morgan fingerprint density at radius 3 is 2.30 bits per heavy atom. The van der Waals surface area contributed by atoms with Crippen LogP contribution in [0.2, 0.25) is 0 Å². The molecule has 5 rings (SSSR count). The van der Waals surface area contributed by atoms with E-state index in [1.165, 1.54) is 16.2 Å². The number of hydrogen-bond donors (Lipinski definition) is 0.